The highest BCUT2D eigenvalue weighted by atomic mass is 16.5. The largest absolute Gasteiger partial charge is 0.462 e. The lowest BCUT2D eigenvalue weighted by Gasteiger charge is -2.20. The zero-order valence-corrected chi connectivity index (χ0v) is 13.1. The van der Waals surface area contributed by atoms with Crippen LogP contribution in [0.15, 0.2) is 12.5 Å². The van der Waals surface area contributed by atoms with E-state index >= 15 is 0 Å². The zero-order chi connectivity index (χ0) is 16.4. The Labute approximate surface area is 133 Å². The number of nitrogens with one attached hydrogen (secondary N) is 2. The van der Waals surface area contributed by atoms with Crippen molar-refractivity contribution in [1.29, 1.82) is 0 Å². The molecule has 2 N–H and O–H groups in total. The van der Waals surface area contributed by atoms with Gasteiger partial charge in [0.1, 0.15) is 11.4 Å². The number of esters is 1. The first-order valence-corrected chi connectivity index (χ1v) is 7.61. The third-order valence-corrected chi connectivity index (χ3v) is 4.03. The summed E-state index contributed by atoms with van der Waals surface area (Å²) in [6.45, 7) is 2.00. The average molecular weight is 317 g/mol. The quantitative estimate of drug-likeness (QED) is 0.821. The molecule has 2 aromatic rings. The summed E-state index contributed by atoms with van der Waals surface area (Å²) in [6, 6.07) is 0. The van der Waals surface area contributed by atoms with Crippen molar-refractivity contribution < 1.29 is 14.3 Å². The number of nitrogens with zero attached hydrogens (tertiary/aromatic N) is 3. The van der Waals surface area contributed by atoms with E-state index in [-0.39, 0.29) is 24.0 Å². The molecule has 0 saturated heterocycles. The Morgan fingerprint density at radius 2 is 2.35 bits per heavy atom. The van der Waals surface area contributed by atoms with Crippen molar-refractivity contribution in [2.45, 2.75) is 26.2 Å². The Morgan fingerprint density at radius 3 is 3.13 bits per heavy atom. The molecule has 0 spiro atoms. The first-order valence-electron chi connectivity index (χ1n) is 7.61. The number of carbonyl (C=O) groups is 2. The number of fused-ring (bicyclic) bond motifs is 1. The number of hydrogen-bond acceptors (Lipinski definition) is 5. The summed E-state index contributed by atoms with van der Waals surface area (Å²) in [6.07, 6.45) is 5.18. The summed E-state index contributed by atoms with van der Waals surface area (Å²) in [5, 5.41) is 6.85. The standard InChI is InChI=1S/C15H19N5O3/c1-3-23-15(22)10-7-18-20(2)13(10)19-14(21)9-4-5-11-12(6-9)17-8-16-11/h7-9H,3-6H2,1-2H3,(H,16,17)(H,19,21). The molecule has 0 fully saturated rings. The van der Waals surface area contributed by atoms with E-state index in [1.165, 1.54) is 10.9 Å². The predicted octanol–water partition coefficient (Wildman–Crippen LogP) is 1.06. The minimum absolute atomic E-state index is 0.126. The van der Waals surface area contributed by atoms with Crippen LogP contribution in [0.4, 0.5) is 5.82 Å². The fraction of sp³-hybridized carbons (Fsp3) is 0.467. The van der Waals surface area contributed by atoms with Crippen LogP contribution < -0.4 is 5.32 Å². The van der Waals surface area contributed by atoms with Gasteiger partial charge in [-0.3, -0.25) is 9.48 Å². The number of anilines is 1. The Bertz CT molecular complexity index is 733. The summed E-state index contributed by atoms with van der Waals surface area (Å²) < 4.78 is 6.46. The number of amides is 1. The Balaban J connectivity index is 1.74. The Kier molecular flexibility index (Phi) is 4.14. The van der Waals surface area contributed by atoms with Gasteiger partial charge in [0.2, 0.25) is 5.91 Å². The topological polar surface area (TPSA) is 102 Å². The molecule has 0 saturated carbocycles. The average Bonchev–Trinajstić information content (AvgIpc) is 3.14. The van der Waals surface area contributed by atoms with Gasteiger partial charge in [-0.25, -0.2) is 9.78 Å². The second kappa shape index (κ2) is 6.23. The van der Waals surface area contributed by atoms with Gasteiger partial charge in [0, 0.05) is 25.1 Å². The molecule has 1 unspecified atom stereocenters. The molecule has 1 aliphatic carbocycles. The van der Waals surface area contributed by atoms with Crippen LogP contribution in [0, 0.1) is 5.92 Å². The zero-order valence-electron chi connectivity index (χ0n) is 13.1. The van der Waals surface area contributed by atoms with Gasteiger partial charge >= 0.3 is 5.97 Å². The lowest BCUT2D eigenvalue weighted by atomic mass is 9.89. The maximum Gasteiger partial charge on any atom is 0.343 e. The number of imidazole rings is 1. The van der Waals surface area contributed by atoms with E-state index in [1.54, 1.807) is 20.3 Å². The Hall–Kier alpha value is -2.64. The van der Waals surface area contributed by atoms with Crippen molar-refractivity contribution >= 4 is 17.7 Å². The van der Waals surface area contributed by atoms with E-state index in [9.17, 15) is 9.59 Å². The fourth-order valence-corrected chi connectivity index (χ4v) is 2.79. The minimum Gasteiger partial charge on any atom is -0.462 e. The second-order valence-electron chi connectivity index (χ2n) is 5.51. The van der Waals surface area contributed by atoms with Crippen molar-refractivity contribution in [3.63, 3.8) is 0 Å². The number of aromatic amines is 1. The van der Waals surface area contributed by atoms with Crippen LogP contribution in [0.1, 0.15) is 35.1 Å². The van der Waals surface area contributed by atoms with Crippen molar-refractivity contribution in [2.75, 3.05) is 11.9 Å². The maximum atomic E-state index is 12.5. The molecule has 8 heteroatoms. The van der Waals surface area contributed by atoms with Crippen LogP contribution in [0.5, 0.6) is 0 Å². The molecule has 0 aromatic carbocycles. The SMILES string of the molecule is CCOC(=O)c1cnn(C)c1NC(=O)C1CCc2nc[nH]c2C1. The Morgan fingerprint density at radius 1 is 1.52 bits per heavy atom. The van der Waals surface area contributed by atoms with Crippen LogP contribution in [-0.2, 0) is 29.4 Å². The van der Waals surface area contributed by atoms with Crippen LogP contribution in [-0.4, -0.2) is 38.2 Å². The maximum absolute atomic E-state index is 12.5. The van der Waals surface area contributed by atoms with E-state index in [2.05, 4.69) is 20.4 Å². The van der Waals surface area contributed by atoms with Crippen LogP contribution in [0.3, 0.4) is 0 Å². The summed E-state index contributed by atoms with van der Waals surface area (Å²) in [7, 11) is 1.67. The number of H-pyrrole nitrogens is 1. The van der Waals surface area contributed by atoms with E-state index in [1.807, 2.05) is 0 Å². The van der Waals surface area contributed by atoms with Gasteiger partial charge < -0.3 is 15.0 Å². The highest BCUT2D eigenvalue weighted by Crippen LogP contribution is 2.25. The molecule has 3 rings (SSSR count). The third kappa shape index (κ3) is 2.96. The lowest BCUT2D eigenvalue weighted by molar-refractivity contribution is -0.120. The summed E-state index contributed by atoms with van der Waals surface area (Å²) in [4.78, 5) is 31.8. The molecule has 0 aliphatic heterocycles. The first kappa shape index (κ1) is 15.3. The number of ether oxygens (including phenoxy) is 1. The summed E-state index contributed by atoms with van der Waals surface area (Å²) in [5.41, 5.74) is 2.30. The number of hydrogen-bond donors (Lipinski definition) is 2. The molecule has 1 amide bonds. The number of aryl methyl sites for hydroxylation is 2. The molecule has 8 nitrogen and oxygen atoms in total. The highest BCUT2D eigenvalue weighted by molar-refractivity contribution is 6.00. The van der Waals surface area contributed by atoms with Gasteiger partial charge in [0.15, 0.2) is 0 Å². The molecular formula is C15H19N5O3. The van der Waals surface area contributed by atoms with Gasteiger partial charge in [-0.2, -0.15) is 5.10 Å². The van der Waals surface area contributed by atoms with Crippen LogP contribution in [0.2, 0.25) is 0 Å². The van der Waals surface area contributed by atoms with Crippen LogP contribution >= 0.6 is 0 Å². The highest BCUT2D eigenvalue weighted by Gasteiger charge is 2.28. The normalized spacial score (nSPS) is 16.7. The van der Waals surface area contributed by atoms with Crippen LogP contribution in [0.25, 0.3) is 0 Å². The second-order valence-corrected chi connectivity index (χ2v) is 5.51. The van der Waals surface area contributed by atoms with E-state index in [4.69, 9.17) is 4.74 Å². The van der Waals surface area contributed by atoms with Crippen molar-refractivity contribution in [2.24, 2.45) is 13.0 Å². The molecule has 2 heterocycles. The molecule has 2 aromatic heterocycles. The van der Waals surface area contributed by atoms with Gasteiger partial charge in [-0.15, -0.1) is 0 Å². The van der Waals surface area contributed by atoms with Crippen molar-refractivity contribution in [1.82, 2.24) is 19.7 Å². The molecule has 1 aliphatic rings. The van der Waals surface area contributed by atoms with E-state index < -0.39 is 5.97 Å². The van der Waals surface area contributed by atoms with Gasteiger partial charge in [0.25, 0.3) is 0 Å². The smallest absolute Gasteiger partial charge is 0.343 e. The summed E-state index contributed by atoms with van der Waals surface area (Å²) >= 11 is 0. The van der Waals surface area contributed by atoms with Crippen molar-refractivity contribution in [3.05, 3.63) is 29.5 Å². The molecule has 1 atom stereocenters. The third-order valence-electron chi connectivity index (χ3n) is 4.03. The van der Waals surface area contributed by atoms with Crippen molar-refractivity contribution in [3.8, 4) is 0 Å². The summed E-state index contributed by atoms with van der Waals surface area (Å²) in [5.74, 6) is -0.411. The minimum atomic E-state index is -0.490. The van der Waals surface area contributed by atoms with E-state index in [0.717, 1.165) is 24.2 Å². The predicted molar refractivity (Wildman–Crippen MR) is 81.9 cm³/mol. The number of carbonyl (C=O) groups excluding carboxylic acids is 2. The molecule has 23 heavy (non-hydrogen) atoms. The molecular weight excluding hydrogens is 298 g/mol. The van der Waals surface area contributed by atoms with Gasteiger partial charge in [0.05, 0.1) is 24.8 Å². The number of rotatable bonds is 4. The van der Waals surface area contributed by atoms with E-state index in [0.29, 0.717) is 12.2 Å². The lowest BCUT2D eigenvalue weighted by Crippen LogP contribution is -2.29. The number of aromatic nitrogens is 4. The van der Waals surface area contributed by atoms with Gasteiger partial charge in [-0.1, -0.05) is 0 Å². The first-order chi connectivity index (χ1) is 11.1. The molecule has 0 bridgehead atoms. The fourth-order valence-electron chi connectivity index (χ4n) is 2.79. The monoisotopic (exact) mass is 317 g/mol. The molecule has 0 radical (unpaired) electrons. The molecule has 122 valence electrons. The van der Waals surface area contributed by atoms with Gasteiger partial charge in [-0.05, 0) is 19.8 Å².